The first-order valence-electron chi connectivity index (χ1n) is 6.07. The number of nitrogen functional groups attached to an aromatic ring is 1. The van der Waals surface area contributed by atoms with Crippen molar-refractivity contribution in [2.24, 2.45) is 0 Å². The highest BCUT2D eigenvalue weighted by atomic mass is 32.2. The van der Waals surface area contributed by atoms with Crippen LogP contribution < -0.4 is 10.6 Å². The number of unbranched alkanes of at least 4 members (excludes halogenated alkanes) is 1. The zero-order valence-corrected chi connectivity index (χ0v) is 11.1. The molecule has 1 aromatic carbocycles. The zero-order valence-electron chi connectivity index (χ0n) is 10.3. The van der Waals surface area contributed by atoms with Gasteiger partial charge in [-0.25, -0.2) is 0 Å². The van der Waals surface area contributed by atoms with Gasteiger partial charge in [0.2, 0.25) is 0 Å². The van der Waals surface area contributed by atoms with Gasteiger partial charge in [0.25, 0.3) is 0 Å². The van der Waals surface area contributed by atoms with Crippen molar-refractivity contribution in [3.63, 3.8) is 0 Å². The molecular formula is C13H20N2OS. The minimum Gasteiger partial charge on any atom is -0.399 e. The Morgan fingerprint density at radius 2 is 2.29 bits per heavy atom. The molecule has 0 saturated heterocycles. The summed E-state index contributed by atoms with van der Waals surface area (Å²) in [6.07, 6.45) is 2.30. The molecule has 0 fully saturated rings. The number of ether oxygens (including phenoxy) is 1. The van der Waals surface area contributed by atoms with E-state index in [0.717, 1.165) is 31.8 Å². The Labute approximate surface area is 107 Å². The highest BCUT2D eigenvalue weighted by molar-refractivity contribution is 7.99. The molecule has 0 saturated carbocycles. The Morgan fingerprint density at radius 1 is 1.41 bits per heavy atom. The van der Waals surface area contributed by atoms with E-state index in [4.69, 9.17) is 10.5 Å². The zero-order chi connectivity index (χ0) is 12.1. The lowest BCUT2D eigenvalue weighted by molar-refractivity contribution is 0.193. The smallest absolute Gasteiger partial charge is 0.0525 e. The Morgan fingerprint density at radius 3 is 3.12 bits per heavy atom. The summed E-state index contributed by atoms with van der Waals surface area (Å²) < 4.78 is 5.08. The molecule has 0 spiro atoms. The molecule has 0 aliphatic carbocycles. The molecular weight excluding hydrogens is 232 g/mol. The van der Waals surface area contributed by atoms with Crippen LogP contribution in [0.25, 0.3) is 0 Å². The maximum Gasteiger partial charge on any atom is 0.0525 e. The molecule has 0 bridgehead atoms. The number of anilines is 2. The normalized spacial score (nSPS) is 14.8. The average Bonchev–Trinajstić information content (AvgIpc) is 2.35. The first-order valence-corrected chi connectivity index (χ1v) is 7.06. The molecule has 4 heteroatoms. The van der Waals surface area contributed by atoms with Gasteiger partial charge >= 0.3 is 0 Å². The molecule has 0 radical (unpaired) electrons. The second kappa shape index (κ2) is 6.17. The first-order chi connectivity index (χ1) is 8.31. The number of hydrogen-bond acceptors (Lipinski definition) is 4. The molecule has 0 aromatic heterocycles. The number of nitrogens with zero attached hydrogens (tertiary/aromatic N) is 1. The summed E-state index contributed by atoms with van der Waals surface area (Å²) in [5.74, 6) is 1.17. The summed E-state index contributed by atoms with van der Waals surface area (Å²) in [6.45, 7) is 3.07. The average molecular weight is 252 g/mol. The molecule has 3 nitrogen and oxygen atoms in total. The van der Waals surface area contributed by atoms with Gasteiger partial charge in [-0.15, -0.1) is 11.8 Å². The summed E-state index contributed by atoms with van der Waals surface area (Å²) in [6, 6.07) is 6.22. The van der Waals surface area contributed by atoms with Crippen LogP contribution in [0.4, 0.5) is 11.4 Å². The quantitative estimate of drug-likeness (QED) is 0.646. The Kier molecular flexibility index (Phi) is 4.57. The SMILES string of the molecule is COCCCCN1CCSc2ccc(N)cc21. The lowest BCUT2D eigenvalue weighted by Gasteiger charge is -2.31. The maximum absolute atomic E-state index is 5.86. The van der Waals surface area contributed by atoms with Gasteiger partial charge < -0.3 is 15.4 Å². The monoisotopic (exact) mass is 252 g/mol. The molecule has 2 N–H and O–H groups in total. The van der Waals surface area contributed by atoms with E-state index in [-0.39, 0.29) is 0 Å². The highest BCUT2D eigenvalue weighted by Crippen LogP contribution is 2.35. The number of rotatable bonds is 5. The van der Waals surface area contributed by atoms with Crippen molar-refractivity contribution in [3.05, 3.63) is 18.2 Å². The Hall–Kier alpha value is -0.870. The van der Waals surface area contributed by atoms with Crippen molar-refractivity contribution >= 4 is 23.1 Å². The minimum absolute atomic E-state index is 0.854. The van der Waals surface area contributed by atoms with Gasteiger partial charge in [0, 0.05) is 43.1 Å². The van der Waals surface area contributed by atoms with Gasteiger partial charge in [-0.2, -0.15) is 0 Å². The van der Waals surface area contributed by atoms with E-state index in [1.807, 2.05) is 17.8 Å². The first kappa shape index (κ1) is 12.6. The van der Waals surface area contributed by atoms with Crippen LogP contribution >= 0.6 is 11.8 Å². The fourth-order valence-electron chi connectivity index (χ4n) is 2.07. The van der Waals surface area contributed by atoms with E-state index in [2.05, 4.69) is 17.0 Å². The lowest BCUT2D eigenvalue weighted by Crippen LogP contribution is -2.30. The number of thioether (sulfide) groups is 1. The molecule has 17 heavy (non-hydrogen) atoms. The van der Waals surface area contributed by atoms with Crippen molar-refractivity contribution in [3.8, 4) is 0 Å². The predicted octanol–water partition coefficient (Wildman–Crippen LogP) is 2.61. The molecule has 2 rings (SSSR count). The topological polar surface area (TPSA) is 38.5 Å². The third-order valence-corrected chi connectivity index (χ3v) is 4.01. The van der Waals surface area contributed by atoms with Crippen molar-refractivity contribution < 1.29 is 4.74 Å². The number of benzene rings is 1. The van der Waals surface area contributed by atoms with E-state index < -0.39 is 0 Å². The fraction of sp³-hybridized carbons (Fsp3) is 0.538. The van der Waals surface area contributed by atoms with Gasteiger partial charge in [-0.05, 0) is 31.0 Å². The van der Waals surface area contributed by atoms with E-state index in [1.54, 1.807) is 7.11 Å². The maximum atomic E-state index is 5.86. The summed E-state index contributed by atoms with van der Waals surface area (Å²) >= 11 is 1.92. The molecule has 0 atom stereocenters. The third-order valence-electron chi connectivity index (χ3n) is 2.97. The van der Waals surface area contributed by atoms with Crippen LogP contribution in [0.2, 0.25) is 0 Å². The Bertz CT molecular complexity index is 370. The standard InChI is InChI=1S/C13H20N2OS/c1-16-8-3-2-6-15-7-9-17-13-5-4-11(14)10-12(13)15/h4-5,10H,2-3,6-9,14H2,1H3. The molecule has 1 aliphatic rings. The fourth-order valence-corrected chi connectivity index (χ4v) is 3.10. The molecule has 0 unspecified atom stereocenters. The van der Waals surface area contributed by atoms with Crippen LogP contribution in [0.3, 0.4) is 0 Å². The van der Waals surface area contributed by atoms with Crippen LogP contribution in [0, 0.1) is 0 Å². The van der Waals surface area contributed by atoms with E-state index in [9.17, 15) is 0 Å². The third kappa shape index (κ3) is 3.30. The van der Waals surface area contributed by atoms with Gasteiger partial charge in [0.1, 0.15) is 0 Å². The summed E-state index contributed by atoms with van der Waals surface area (Å²) in [7, 11) is 1.76. The van der Waals surface area contributed by atoms with E-state index in [1.165, 1.54) is 22.8 Å². The second-order valence-corrected chi connectivity index (χ2v) is 5.40. The molecule has 1 aliphatic heterocycles. The molecule has 1 aromatic rings. The summed E-state index contributed by atoms with van der Waals surface area (Å²) in [4.78, 5) is 3.80. The van der Waals surface area contributed by atoms with Crippen LogP contribution in [0.1, 0.15) is 12.8 Å². The minimum atomic E-state index is 0.854. The second-order valence-electron chi connectivity index (χ2n) is 4.26. The van der Waals surface area contributed by atoms with Crippen LogP contribution in [0.5, 0.6) is 0 Å². The lowest BCUT2D eigenvalue weighted by atomic mass is 10.2. The number of nitrogens with two attached hydrogens (primary N) is 1. The highest BCUT2D eigenvalue weighted by Gasteiger charge is 2.16. The number of hydrogen-bond donors (Lipinski definition) is 1. The largest absolute Gasteiger partial charge is 0.399 e. The van der Waals surface area contributed by atoms with Gasteiger partial charge in [-0.3, -0.25) is 0 Å². The van der Waals surface area contributed by atoms with Crippen molar-refractivity contribution in [1.29, 1.82) is 0 Å². The van der Waals surface area contributed by atoms with Gasteiger partial charge in [-0.1, -0.05) is 0 Å². The predicted molar refractivity (Wildman–Crippen MR) is 74.9 cm³/mol. The molecule has 94 valence electrons. The summed E-state index contributed by atoms with van der Waals surface area (Å²) in [5, 5.41) is 0. The van der Waals surface area contributed by atoms with E-state index >= 15 is 0 Å². The number of fused-ring (bicyclic) bond motifs is 1. The Balaban J connectivity index is 1.98. The van der Waals surface area contributed by atoms with E-state index in [0.29, 0.717) is 0 Å². The van der Waals surface area contributed by atoms with Gasteiger partial charge in [0.05, 0.1) is 5.69 Å². The molecule has 0 amide bonds. The van der Waals surface area contributed by atoms with Crippen molar-refractivity contribution in [1.82, 2.24) is 0 Å². The van der Waals surface area contributed by atoms with Crippen LogP contribution in [0.15, 0.2) is 23.1 Å². The number of methoxy groups -OCH3 is 1. The van der Waals surface area contributed by atoms with Gasteiger partial charge in [0.15, 0.2) is 0 Å². The van der Waals surface area contributed by atoms with Crippen molar-refractivity contribution in [2.45, 2.75) is 17.7 Å². The van der Waals surface area contributed by atoms with Crippen LogP contribution in [-0.4, -0.2) is 32.6 Å². The summed E-state index contributed by atoms with van der Waals surface area (Å²) in [5.41, 5.74) is 8.02. The van der Waals surface area contributed by atoms with Crippen molar-refractivity contribution in [2.75, 3.05) is 43.2 Å². The molecule has 1 heterocycles. The van der Waals surface area contributed by atoms with Crippen LogP contribution in [-0.2, 0) is 4.74 Å².